The third-order valence-electron chi connectivity index (χ3n) is 5.29. The minimum Gasteiger partial charge on any atom is -0.387 e. The highest BCUT2D eigenvalue weighted by Gasteiger charge is 2.40. The Bertz CT molecular complexity index is 558. The van der Waals surface area contributed by atoms with Gasteiger partial charge in [0, 0.05) is 18.0 Å². The number of aryl methyl sites for hydroxylation is 2. The Morgan fingerprint density at radius 2 is 2.05 bits per heavy atom. The molecule has 1 unspecified atom stereocenters. The van der Waals surface area contributed by atoms with Crippen molar-refractivity contribution in [3.8, 4) is 0 Å². The van der Waals surface area contributed by atoms with Crippen molar-refractivity contribution in [1.29, 1.82) is 0 Å². The van der Waals surface area contributed by atoms with Crippen LogP contribution in [0.15, 0.2) is 6.07 Å². The Labute approximate surface area is 135 Å². The van der Waals surface area contributed by atoms with Crippen molar-refractivity contribution >= 4 is 17.2 Å². The van der Waals surface area contributed by atoms with E-state index in [1.807, 2.05) is 4.90 Å². The van der Waals surface area contributed by atoms with Gasteiger partial charge in [0.1, 0.15) is 0 Å². The Morgan fingerprint density at radius 3 is 2.82 bits per heavy atom. The molecule has 0 spiro atoms. The number of aliphatic hydroxyl groups is 1. The van der Waals surface area contributed by atoms with E-state index in [-0.39, 0.29) is 5.91 Å². The molecule has 0 aromatic carbocycles. The van der Waals surface area contributed by atoms with Crippen LogP contribution in [0.2, 0.25) is 0 Å². The second kappa shape index (κ2) is 5.62. The molecule has 1 atom stereocenters. The van der Waals surface area contributed by atoms with Crippen LogP contribution in [0, 0.1) is 0 Å². The summed E-state index contributed by atoms with van der Waals surface area (Å²) in [5, 5.41) is 10.8. The predicted octanol–water partition coefficient (Wildman–Crippen LogP) is 1.91. The lowest BCUT2D eigenvalue weighted by Gasteiger charge is -2.28. The Kier molecular flexibility index (Phi) is 3.75. The maximum Gasteiger partial charge on any atom is 0.264 e. The average Bonchev–Trinajstić information content (AvgIpc) is 3.20. The highest BCUT2D eigenvalue weighted by molar-refractivity contribution is 7.14. The van der Waals surface area contributed by atoms with Crippen LogP contribution in [-0.2, 0) is 12.8 Å². The molecule has 4 nitrogen and oxygen atoms in total. The number of amides is 1. The zero-order valence-corrected chi connectivity index (χ0v) is 13.8. The summed E-state index contributed by atoms with van der Waals surface area (Å²) in [7, 11) is 0. The van der Waals surface area contributed by atoms with E-state index in [2.05, 4.69) is 11.0 Å². The van der Waals surface area contributed by atoms with Crippen molar-refractivity contribution < 1.29 is 9.90 Å². The van der Waals surface area contributed by atoms with Gasteiger partial charge in [-0.2, -0.15) is 0 Å². The molecule has 1 N–H and O–H groups in total. The molecule has 4 rings (SSSR count). The third kappa shape index (κ3) is 2.70. The maximum absolute atomic E-state index is 12.7. The zero-order chi connectivity index (χ0) is 15.2. The summed E-state index contributed by atoms with van der Waals surface area (Å²) in [6.45, 7) is 4.08. The van der Waals surface area contributed by atoms with Gasteiger partial charge in [-0.25, -0.2) is 0 Å². The predicted molar refractivity (Wildman–Crippen MR) is 87.5 cm³/mol. The lowest BCUT2D eigenvalue weighted by molar-refractivity contribution is 0.0176. The van der Waals surface area contributed by atoms with Crippen LogP contribution in [0.5, 0.6) is 0 Å². The molecule has 5 heteroatoms. The van der Waals surface area contributed by atoms with Gasteiger partial charge in [0.25, 0.3) is 5.91 Å². The van der Waals surface area contributed by atoms with Crippen molar-refractivity contribution in [2.75, 3.05) is 32.7 Å². The van der Waals surface area contributed by atoms with Gasteiger partial charge >= 0.3 is 0 Å². The van der Waals surface area contributed by atoms with Crippen LogP contribution in [0.25, 0.3) is 0 Å². The fourth-order valence-corrected chi connectivity index (χ4v) is 5.33. The van der Waals surface area contributed by atoms with Gasteiger partial charge in [-0.1, -0.05) is 0 Å². The van der Waals surface area contributed by atoms with Gasteiger partial charge < -0.3 is 14.9 Å². The SMILES string of the molecule is O=C(c1cc2c(s1)CCC2)N1CCC(O)(CN2CCCC2)C1. The topological polar surface area (TPSA) is 43.8 Å². The quantitative estimate of drug-likeness (QED) is 0.925. The van der Waals surface area contributed by atoms with Crippen LogP contribution in [-0.4, -0.2) is 59.1 Å². The summed E-state index contributed by atoms with van der Waals surface area (Å²) in [6, 6.07) is 2.09. The first-order valence-corrected chi connectivity index (χ1v) is 9.30. The van der Waals surface area contributed by atoms with Crippen molar-refractivity contribution in [2.45, 2.75) is 44.1 Å². The smallest absolute Gasteiger partial charge is 0.264 e. The van der Waals surface area contributed by atoms with Crippen LogP contribution in [0.4, 0.5) is 0 Å². The molecular weight excluding hydrogens is 296 g/mol. The molecule has 3 aliphatic rings. The fraction of sp³-hybridized carbons (Fsp3) is 0.706. The first kappa shape index (κ1) is 14.7. The number of likely N-dealkylation sites (tertiary alicyclic amines) is 2. The fourth-order valence-electron chi connectivity index (χ4n) is 4.11. The monoisotopic (exact) mass is 320 g/mol. The summed E-state index contributed by atoms with van der Waals surface area (Å²) in [5.74, 6) is 0.122. The standard InChI is InChI=1S/C17H24N2O2S/c20-16(15-10-13-4-3-5-14(13)22-15)19-9-6-17(21,12-19)11-18-7-1-2-8-18/h10,21H,1-9,11-12H2. The number of thiophene rings is 1. The van der Waals surface area contributed by atoms with Crippen LogP contribution >= 0.6 is 11.3 Å². The molecule has 0 bridgehead atoms. The van der Waals surface area contributed by atoms with E-state index in [0.717, 1.165) is 37.4 Å². The number of carbonyl (C=O) groups excluding carboxylic acids is 1. The Morgan fingerprint density at radius 1 is 1.23 bits per heavy atom. The molecule has 1 aromatic rings. The average molecular weight is 320 g/mol. The van der Waals surface area contributed by atoms with Gasteiger partial charge in [0.2, 0.25) is 0 Å². The summed E-state index contributed by atoms with van der Waals surface area (Å²) in [5.41, 5.74) is 0.667. The first-order valence-electron chi connectivity index (χ1n) is 8.49. The van der Waals surface area contributed by atoms with Crippen LogP contribution in [0.3, 0.4) is 0 Å². The second-order valence-corrected chi connectivity index (χ2v) is 8.23. The molecule has 0 radical (unpaired) electrons. The number of hydrogen-bond acceptors (Lipinski definition) is 4. The lowest BCUT2D eigenvalue weighted by Crippen LogP contribution is -2.44. The third-order valence-corrected chi connectivity index (χ3v) is 6.52. The molecule has 2 aliphatic heterocycles. The molecule has 1 aromatic heterocycles. The number of carbonyl (C=O) groups is 1. The minimum absolute atomic E-state index is 0.122. The van der Waals surface area contributed by atoms with Crippen molar-refractivity contribution in [3.63, 3.8) is 0 Å². The summed E-state index contributed by atoms with van der Waals surface area (Å²) < 4.78 is 0. The summed E-state index contributed by atoms with van der Waals surface area (Å²) >= 11 is 1.67. The second-order valence-electron chi connectivity index (χ2n) is 7.10. The molecule has 2 saturated heterocycles. The van der Waals surface area contributed by atoms with Gasteiger partial charge in [0.15, 0.2) is 0 Å². The number of nitrogens with zero attached hydrogens (tertiary/aromatic N) is 2. The molecule has 120 valence electrons. The summed E-state index contributed by atoms with van der Waals surface area (Å²) in [4.78, 5) is 19.2. The normalized spacial score (nSPS) is 28.5. The van der Waals surface area contributed by atoms with E-state index >= 15 is 0 Å². The van der Waals surface area contributed by atoms with E-state index in [4.69, 9.17) is 0 Å². The first-order chi connectivity index (χ1) is 10.6. The van der Waals surface area contributed by atoms with Crippen molar-refractivity contribution in [3.05, 3.63) is 21.4 Å². The zero-order valence-electron chi connectivity index (χ0n) is 13.0. The van der Waals surface area contributed by atoms with Crippen molar-refractivity contribution in [2.24, 2.45) is 0 Å². The van der Waals surface area contributed by atoms with E-state index in [1.165, 1.54) is 29.7 Å². The van der Waals surface area contributed by atoms with Crippen molar-refractivity contribution in [1.82, 2.24) is 9.80 Å². The molecular formula is C17H24N2O2S. The maximum atomic E-state index is 12.7. The van der Waals surface area contributed by atoms with E-state index < -0.39 is 5.60 Å². The minimum atomic E-state index is -0.708. The Balaban J connectivity index is 1.41. The molecule has 2 fully saturated rings. The number of hydrogen-bond donors (Lipinski definition) is 1. The molecule has 0 saturated carbocycles. The van der Waals surface area contributed by atoms with Gasteiger partial charge in [0.05, 0.1) is 17.0 Å². The van der Waals surface area contributed by atoms with Crippen LogP contribution < -0.4 is 0 Å². The highest BCUT2D eigenvalue weighted by atomic mass is 32.1. The molecule has 1 aliphatic carbocycles. The van der Waals surface area contributed by atoms with Gasteiger partial charge in [-0.05, 0) is 63.2 Å². The largest absolute Gasteiger partial charge is 0.387 e. The number of β-amino-alcohol motifs (C(OH)–C–C–N with tert-alkyl or cyclic N) is 1. The summed E-state index contributed by atoms with van der Waals surface area (Å²) in [6.07, 6.45) is 6.67. The lowest BCUT2D eigenvalue weighted by atomic mass is 10.0. The van der Waals surface area contributed by atoms with Gasteiger partial charge in [-0.3, -0.25) is 4.79 Å². The Hall–Kier alpha value is -0.910. The van der Waals surface area contributed by atoms with E-state index in [1.54, 1.807) is 11.3 Å². The van der Waals surface area contributed by atoms with Gasteiger partial charge in [-0.15, -0.1) is 11.3 Å². The molecule has 3 heterocycles. The van der Waals surface area contributed by atoms with E-state index in [9.17, 15) is 9.90 Å². The molecule has 1 amide bonds. The number of fused-ring (bicyclic) bond motifs is 1. The highest BCUT2D eigenvalue weighted by Crippen LogP contribution is 2.33. The van der Waals surface area contributed by atoms with Crippen LogP contribution in [0.1, 0.15) is 45.8 Å². The van der Waals surface area contributed by atoms with E-state index in [0.29, 0.717) is 19.5 Å². The molecule has 22 heavy (non-hydrogen) atoms. The number of rotatable bonds is 3.